The molecule has 0 heterocycles. The van der Waals surface area contributed by atoms with Crippen LogP contribution < -0.4 is 0 Å². The van der Waals surface area contributed by atoms with Crippen LogP contribution in [0.5, 0.6) is 0 Å². The summed E-state index contributed by atoms with van der Waals surface area (Å²) in [4.78, 5) is 10.8. The Balaban J connectivity index is 3.23. The van der Waals surface area contributed by atoms with Crippen molar-refractivity contribution in [3.05, 3.63) is 29.3 Å². The molecule has 0 saturated carbocycles. The zero-order valence-corrected chi connectivity index (χ0v) is 9.07. The average Bonchev–Trinajstić information content (AvgIpc) is 2.21. The molecule has 0 spiro atoms. The lowest BCUT2D eigenvalue weighted by atomic mass is 10.0. The topological polar surface area (TPSA) is 37.3 Å². The van der Waals surface area contributed by atoms with Crippen molar-refractivity contribution in [1.29, 1.82) is 0 Å². The zero-order chi connectivity index (χ0) is 11.6. The van der Waals surface area contributed by atoms with Gasteiger partial charge in [-0.05, 0) is 19.2 Å². The number of thioether (sulfide) groups is 1. The minimum absolute atomic E-state index is 0.127. The van der Waals surface area contributed by atoms with E-state index in [1.807, 2.05) is 0 Å². The molecular weight excluding hydrogens is 222 g/mol. The molecule has 0 saturated heterocycles. The number of carboxylic acids is 1. The van der Waals surface area contributed by atoms with E-state index in [-0.39, 0.29) is 10.5 Å². The van der Waals surface area contributed by atoms with Gasteiger partial charge in [0.15, 0.2) is 11.6 Å². The maximum atomic E-state index is 13.4. The first-order chi connectivity index (χ1) is 6.99. The van der Waals surface area contributed by atoms with Crippen LogP contribution in [-0.4, -0.2) is 17.3 Å². The summed E-state index contributed by atoms with van der Waals surface area (Å²) >= 11 is 1.08. The highest BCUT2D eigenvalue weighted by Gasteiger charge is 2.21. The Labute approximate surface area is 90.3 Å². The third-order valence-electron chi connectivity index (χ3n) is 2.13. The molecule has 0 aliphatic heterocycles. The summed E-state index contributed by atoms with van der Waals surface area (Å²) in [6.45, 7) is 1.32. The number of aliphatic carboxylic acids is 1. The first kappa shape index (κ1) is 12.0. The minimum atomic E-state index is -1.18. The third kappa shape index (κ3) is 2.28. The third-order valence-corrected chi connectivity index (χ3v) is 2.89. The van der Waals surface area contributed by atoms with Gasteiger partial charge < -0.3 is 5.11 Å². The molecule has 1 rings (SSSR count). The van der Waals surface area contributed by atoms with Crippen LogP contribution in [0.25, 0.3) is 0 Å². The lowest BCUT2D eigenvalue weighted by molar-refractivity contribution is -0.138. The monoisotopic (exact) mass is 232 g/mol. The van der Waals surface area contributed by atoms with E-state index in [0.717, 1.165) is 11.8 Å². The molecule has 1 atom stereocenters. The fourth-order valence-corrected chi connectivity index (χ4v) is 1.64. The standard InChI is InChI=1S/C10H10F2O2S/c1-5(10(13)14)6-3-4-7(15-2)9(12)8(6)11/h3-5H,1-2H3,(H,13,14). The molecular formula is C10H10F2O2S. The number of hydrogen-bond acceptors (Lipinski definition) is 2. The molecule has 1 unspecified atom stereocenters. The van der Waals surface area contributed by atoms with Crippen molar-refractivity contribution in [2.75, 3.05) is 6.26 Å². The number of halogens is 2. The Morgan fingerprint density at radius 3 is 2.47 bits per heavy atom. The SMILES string of the molecule is CSc1ccc(C(C)C(=O)O)c(F)c1F. The van der Waals surface area contributed by atoms with E-state index in [9.17, 15) is 13.6 Å². The summed E-state index contributed by atoms with van der Waals surface area (Å²) in [5, 5.41) is 8.68. The summed E-state index contributed by atoms with van der Waals surface area (Å²) < 4.78 is 26.7. The Hall–Kier alpha value is -1.10. The van der Waals surface area contributed by atoms with E-state index in [0.29, 0.717) is 0 Å². The number of carbonyl (C=O) groups is 1. The van der Waals surface area contributed by atoms with Gasteiger partial charge in [0.2, 0.25) is 0 Å². The molecule has 5 heteroatoms. The molecule has 0 aromatic heterocycles. The van der Waals surface area contributed by atoms with Crippen molar-refractivity contribution >= 4 is 17.7 Å². The molecule has 0 amide bonds. The van der Waals surface area contributed by atoms with Crippen LogP contribution in [0.3, 0.4) is 0 Å². The number of rotatable bonds is 3. The molecule has 15 heavy (non-hydrogen) atoms. The molecule has 1 N–H and O–H groups in total. The number of benzene rings is 1. The lowest BCUT2D eigenvalue weighted by Gasteiger charge is -2.10. The van der Waals surface area contributed by atoms with Crippen molar-refractivity contribution in [2.24, 2.45) is 0 Å². The first-order valence-corrected chi connectivity index (χ1v) is 5.46. The van der Waals surface area contributed by atoms with Crippen LogP contribution in [0.4, 0.5) is 8.78 Å². The van der Waals surface area contributed by atoms with Gasteiger partial charge in [0.1, 0.15) is 0 Å². The molecule has 1 aromatic rings. The summed E-state index contributed by atoms with van der Waals surface area (Å²) in [5.74, 6) is -4.27. The maximum absolute atomic E-state index is 13.4. The van der Waals surface area contributed by atoms with Crippen LogP contribution in [0, 0.1) is 11.6 Å². The van der Waals surface area contributed by atoms with Crippen molar-refractivity contribution in [3.8, 4) is 0 Å². The van der Waals surface area contributed by atoms with Crippen LogP contribution in [0.1, 0.15) is 18.4 Å². The lowest BCUT2D eigenvalue weighted by Crippen LogP contribution is -2.10. The minimum Gasteiger partial charge on any atom is -0.481 e. The van der Waals surface area contributed by atoms with Crippen molar-refractivity contribution in [3.63, 3.8) is 0 Å². The molecule has 0 bridgehead atoms. The second kappa shape index (κ2) is 4.61. The molecule has 0 aliphatic carbocycles. The van der Waals surface area contributed by atoms with Crippen molar-refractivity contribution in [1.82, 2.24) is 0 Å². The highest BCUT2D eigenvalue weighted by atomic mass is 32.2. The first-order valence-electron chi connectivity index (χ1n) is 4.23. The van der Waals surface area contributed by atoms with Gasteiger partial charge in [-0.25, -0.2) is 8.78 Å². The molecule has 2 nitrogen and oxygen atoms in total. The van der Waals surface area contributed by atoms with E-state index in [4.69, 9.17) is 5.11 Å². The predicted octanol–water partition coefficient (Wildman–Crippen LogP) is 2.87. The van der Waals surface area contributed by atoms with Gasteiger partial charge in [0.25, 0.3) is 0 Å². The van der Waals surface area contributed by atoms with Crippen molar-refractivity contribution in [2.45, 2.75) is 17.7 Å². The highest BCUT2D eigenvalue weighted by molar-refractivity contribution is 7.98. The van der Waals surface area contributed by atoms with E-state index >= 15 is 0 Å². The Kier molecular flexibility index (Phi) is 3.68. The van der Waals surface area contributed by atoms with Gasteiger partial charge in [-0.1, -0.05) is 6.07 Å². The summed E-state index contributed by atoms with van der Waals surface area (Å²) in [5.41, 5.74) is -0.127. The molecule has 0 fully saturated rings. The molecule has 0 radical (unpaired) electrons. The summed E-state index contributed by atoms with van der Waals surface area (Å²) in [6, 6.07) is 2.70. The van der Waals surface area contributed by atoms with E-state index in [1.165, 1.54) is 19.1 Å². The molecule has 1 aromatic carbocycles. The second-order valence-corrected chi connectivity index (χ2v) is 3.89. The predicted molar refractivity (Wildman–Crippen MR) is 54.2 cm³/mol. The van der Waals surface area contributed by atoms with E-state index in [1.54, 1.807) is 6.26 Å². The van der Waals surface area contributed by atoms with Gasteiger partial charge in [-0.2, -0.15) is 0 Å². The van der Waals surface area contributed by atoms with Gasteiger partial charge >= 0.3 is 5.97 Å². The number of carboxylic acid groups (broad SMARTS) is 1. The zero-order valence-electron chi connectivity index (χ0n) is 8.25. The van der Waals surface area contributed by atoms with Crippen molar-refractivity contribution < 1.29 is 18.7 Å². The van der Waals surface area contributed by atoms with Crippen LogP contribution in [0.15, 0.2) is 17.0 Å². The van der Waals surface area contributed by atoms with Crippen LogP contribution in [-0.2, 0) is 4.79 Å². The van der Waals surface area contributed by atoms with Gasteiger partial charge in [0, 0.05) is 10.5 Å². The quantitative estimate of drug-likeness (QED) is 0.814. The Morgan fingerprint density at radius 2 is 2.00 bits per heavy atom. The van der Waals surface area contributed by atoms with Gasteiger partial charge in [0.05, 0.1) is 5.92 Å². The highest BCUT2D eigenvalue weighted by Crippen LogP contribution is 2.27. The van der Waals surface area contributed by atoms with Crippen LogP contribution in [0.2, 0.25) is 0 Å². The largest absolute Gasteiger partial charge is 0.481 e. The maximum Gasteiger partial charge on any atom is 0.310 e. The second-order valence-electron chi connectivity index (χ2n) is 3.04. The summed E-state index contributed by atoms with van der Waals surface area (Å²) in [6.07, 6.45) is 1.62. The Morgan fingerprint density at radius 1 is 1.40 bits per heavy atom. The van der Waals surface area contributed by atoms with E-state index in [2.05, 4.69) is 0 Å². The summed E-state index contributed by atoms with van der Waals surface area (Å²) in [7, 11) is 0. The smallest absolute Gasteiger partial charge is 0.310 e. The van der Waals surface area contributed by atoms with Crippen LogP contribution >= 0.6 is 11.8 Å². The molecule has 82 valence electrons. The fourth-order valence-electron chi connectivity index (χ4n) is 1.17. The van der Waals surface area contributed by atoms with E-state index < -0.39 is 23.5 Å². The fraction of sp³-hybridized carbons (Fsp3) is 0.300. The molecule has 0 aliphatic rings. The number of hydrogen-bond donors (Lipinski definition) is 1. The normalized spacial score (nSPS) is 12.5. The van der Waals surface area contributed by atoms with Gasteiger partial charge in [-0.15, -0.1) is 11.8 Å². The van der Waals surface area contributed by atoms with Gasteiger partial charge in [-0.3, -0.25) is 4.79 Å². The average molecular weight is 232 g/mol. The Bertz CT molecular complexity index is 393.